The zero-order chi connectivity index (χ0) is 15.1. The van der Waals surface area contributed by atoms with E-state index < -0.39 is 0 Å². The molecule has 4 N–H and O–H groups in total. The average molecular weight is 290 g/mol. The zero-order valence-electron chi connectivity index (χ0n) is 12.5. The number of rotatable bonds is 2. The topological polar surface area (TPSA) is 95.0 Å². The minimum absolute atomic E-state index is 0.0904. The Kier molecular flexibility index (Phi) is 3.49. The SMILES string of the molecule is Cc1cc(C)c(/C(N)=N/O)c(N2CC3CCC(O)C3C2)n1. The van der Waals surface area contributed by atoms with E-state index in [4.69, 9.17) is 10.9 Å². The third kappa shape index (κ3) is 2.33. The van der Waals surface area contributed by atoms with Crippen molar-refractivity contribution >= 4 is 11.7 Å². The number of amidine groups is 1. The summed E-state index contributed by atoms with van der Waals surface area (Å²) in [7, 11) is 0. The summed E-state index contributed by atoms with van der Waals surface area (Å²) in [6.07, 6.45) is 1.75. The summed E-state index contributed by atoms with van der Waals surface area (Å²) in [6, 6.07) is 1.93. The van der Waals surface area contributed by atoms with Crippen LogP contribution in [0.25, 0.3) is 0 Å². The van der Waals surface area contributed by atoms with Crippen LogP contribution in [0.3, 0.4) is 0 Å². The molecule has 114 valence electrons. The van der Waals surface area contributed by atoms with Crippen molar-refractivity contribution in [3.05, 3.63) is 22.9 Å². The fraction of sp³-hybridized carbons (Fsp3) is 0.600. The molecule has 6 heteroatoms. The molecule has 0 spiro atoms. The number of aryl methyl sites for hydroxylation is 2. The Morgan fingerprint density at radius 3 is 2.81 bits per heavy atom. The second kappa shape index (κ2) is 5.18. The molecule has 3 unspecified atom stereocenters. The molecule has 0 bridgehead atoms. The van der Waals surface area contributed by atoms with Crippen molar-refractivity contribution in [3.63, 3.8) is 0 Å². The number of aromatic nitrogens is 1. The quantitative estimate of drug-likeness (QED) is 0.327. The van der Waals surface area contributed by atoms with Crippen LogP contribution in [0.5, 0.6) is 0 Å². The molecule has 3 rings (SSSR count). The summed E-state index contributed by atoms with van der Waals surface area (Å²) in [5.41, 5.74) is 8.39. The van der Waals surface area contributed by atoms with Crippen LogP contribution in [0.1, 0.15) is 29.7 Å². The van der Waals surface area contributed by atoms with Gasteiger partial charge in [-0.2, -0.15) is 0 Å². The Morgan fingerprint density at radius 1 is 1.38 bits per heavy atom. The lowest BCUT2D eigenvalue weighted by Crippen LogP contribution is -2.29. The maximum absolute atomic E-state index is 10.1. The molecule has 0 amide bonds. The molecule has 1 saturated carbocycles. The molecule has 1 saturated heterocycles. The highest BCUT2D eigenvalue weighted by Crippen LogP contribution is 2.40. The zero-order valence-corrected chi connectivity index (χ0v) is 12.5. The van der Waals surface area contributed by atoms with Gasteiger partial charge in [0, 0.05) is 24.7 Å². The molecule has 1 aromatic heterocycles. The van der Waals surface area contributed by atoms with Crippen molar-refractivity contribution in [1.82, 2.24) is 4.98 Å². The van der Waals surface area contributed by atoms with Gasteiger partial charge in [-0.3, -0.25) is 0 Å². The predicted molar refractivity (Wildman–Crippen MR) is 80.7 cm³/mol. The van der Waals surface area contributed by atoms with Crippen LogP contribution in [0, 0.1) is 25.7 Å². The van der Waals surface area contributed by atoms with Crippen LogP contribution in [-0.2, 0) is 0 Å². The number of oxime groups is 1. The first kappa shape index (κ1) is 14.1. The number of fused-ring (bicyclic) bond motifs is 1. The van der Waals surface area contributed by atoms with Gasteiger partial charge < -0.3 is 20.9 Å². The normalized spacial score (nSPS) is 29.0. The van der Waals surface area contributed by atoms with Gasteiger partial charge in [-0.05, 0) is 44.2 Å². The second-order valence-electron chi connectivity index (χ2n) is 6.24. The smallest absolute Gasteiger partial charge is 0.174 e. The fourth-order valence-corrected chi connectivity index (χ4v) is 3.82. The van der Waals surface area contributed by atoms with Gasteiger partial charge in [-0.15, -0.1) is 0 Å². The first-order chi connectivity index (χ1) is 10.0. The molecule has 0 radical (unpaired) electrons. The molecule has 6 nitrogen and oxygen atoms in total. The van der Waals surface area contributed by atoms with Crippen molar-refractivity contribution in [2.24, 2.45) is 22.7 Å². The van der Waals surface area contributed by atoms with Crippen molar-refractivity contribution in [3.8, 4) is 0 Å². The first-order valence-electron chi connectivity index (χ1n) is 7.40. The van der Waals surface area contributed by atoms with E-state index in [-0.39, 0.29) is 11.9 Å². The van der Waals surface area contributed by atoms with Crippen molar-refractivity contribution < 1.29 is 10.3 Å². The van der Waals surface area contributed by atoms with Gasteiger partial charge in [0.1, 0.15) is 5.82 Å². The number of nitrogens with zero attached hydrogens (tertiary/aromatic N) is 3. The lowest BCUT2D eigenvalue weighted by Gasteiger charge is -2.23. The third-order valence-electron chi connectivity index (χ3n) is 4.81. The molecule has 2 aliphatic rings. The highest BCUT2D eigenvalue weighted by molar-refractivity contribution is 6.02. The summed E-state index contributed by atoms with van der Waals surface area (Å²) in [5, 5.41) is 22.2. The lowest BCUT2D eigenvalue weighted by molar-refractivity contribution is 0.133. The van der Waals surface area contributed by atoms with E-state index in [2.05, 4.69) is 15.0 Å². The summed E-state index contributed by atoms with van der Waals surface area (Å²) < 4.78 is 0. The molecule has 1 aromatic rings. The number of anilines is 1. The van der Waals surface area contributed by atoms with Crippen LogP contribution in [0.4, 0.5) is 5.82 Å². The Balaban J connectivity index is 1.99. The van der Waals surface area contributed by atoms with E-state index in [1.807, 2.05) is 19.9 Å². The summed E-state index contributed by atoms with van der Waals surface area (Å²) in [4.78, 5) is 6.78. The van der Waals surface area contributed by atoms with E-state index in [0.29, 0.717) is 17.4 Å². The number of pyridine rings is 1. The second-order valence-corrected chi connectivity index (χ2v) is 6.24. The fourth-order valence-electron chi connectivity index (χ4n) is 3.82. The van der Waals surface area contributed by atoms with Crippen LogP contribution in [0.15, 0.2) is 11.2 Å². The van der Waals surface area contributed by atoms with Gasteiger partial charge in [0.15, 0.2) is 5.84 Å². The average Bonchev–Trinajstić information content (AvgIpc) is 3.00. The Labute approximate surface area is 124 Å². The Hall–Kier alpha value is -1.82. The molecule has 3 atom stereocenters. The van der Waals surface area contributed by atoms with E-state index >= 15 is 0 Å². The summed E-state index contributed by atoms with van der Waals surface area (Å²) >= 11 is 0. The van der Waals surface area contributed by atoms with Gasteiger partial charge in [-0.25, -0.2) is 4.98 Å². The van der Waals surface area contributed by atoms with Gasteiger partial charge in [-0.1, -0.05) is 5.16 Å². The molecule has 2 heterocycles. The Bertz CT molecular complexity index is 587. The van der Waals surface area contributed by atoms with Gasteiger partial charge in [0.05, 0.1) is 11.7 Å². The monoisotopic (exact) mass is 290 g/mol. The molecule has 2 fully saturated rings. The largest absolute Gasteiger partial charge is 0.409 e. The number of hydrogen-bond donors (Lipinski definition) is 3. The first-order valence-corrected chi connectivity index (χ1v) is 7.40. The number of hydrogen-bond acceptors (Lipinski definition) is 5. The van der Waals surface area contributed by atoms with Crippen molar-refractivity contribution in [1.29, 1.82) is 0 Å². The molecule has 21 heavy (non-hydrogen) atoms. The molecular formula is C15H22N4O2. The minimum Gasteiger partial charge on any atom is -0.409 e. The van der Waals surface area contributed by atoms with E-state index in [1.54, 1.807) is 0 Å². The molecule has 0 aromatic carbocycles. The van der Waals surface area contributed by atoms with Crippen LogP contribution in [-0.4, -0.2) is 40.3 Å². The van der Waals surface area contributed by atoms with Gasteiger partial charge >= 0.3 is 0 Å². The van der Waals surface area contributed by atoms with Crippen LogP contribution < -0.4 is 10.6 Å². The van der Waals surface area contributed by atoms with Crippen molar-refractivity contribution in [2.45, 2.75) is 32.8 Å². The highest BCUT2D eigenvalue weighted by atomic mass is 16.4. The Morgan fingerprint density at radius 2 is 2.14 bits per heavy atom. The molecule has 1 aliphatic carbocycles. The van der Waals surface area contributed by atoms with Crippen molar-refractivity contribution in [2.75, 3.05) is 18.0 Å². The van der Waals surface area contributed by atoms with Gasteiger partial charge in [0.25, 0.3) is 0 Å². The maximum Gasteiger partial charge on any atom is 0.174 e. The number of nitrogens with two attached hydrogens (primary N) is 1. The van der Waals surface area contributed by atoms with E-state index in [0.717, 1.165) is 43.0 Å². The summed E-state index contributed by atoms with van der Waals surface area (Å²) in [6.45, 7) is 5.55. The minimum atomic E-state index is -0.210. The third-order valence-corrected chi connectivity index (χ3v) is 4.81. The highest BCUT2D eigenvalue weighted by Gasteiger charge is 2.42. The van der Waals surface area contributed by atoms with E-state index in [9.17, 15) is 5.11 Å². The maximum atomic E-state index is 10.1. The molecular weight excluding hydrogens is 268 g/mol. The predicted octanol–water partition coefficient (Wildman–Crippen LogP) is 1.00. The lowest BCUT2D eigenvalue weighted by atomic mass is 10.00. The van der Waals surface area contributed by atoms with Crippen LogP contribution in [0.2, 0.25) is 0 Å². The standard InChI is InChI=1S/C15H22N4O2/c1-8-5-9(2)17-15(13(8)14(16)18-21)19-6-10-3-4-12(20)11(10)7-19/h5,10-12,20-21H,3-4,6-7H2,1-2H3,(H2,16,18). The van der Waals surface area contributed by atoms with Gasteiger partial charge in [0.2, 0.25) is 0 Å². The number of aliphatic hydroxyl groups excluding tert-OH is 1. The van der Waals surface area contributed by atoms with E-state index in [1.165, 1.54) is 0 Å². The molecule has 1 aliphatic heterocycles. The number of aliphatic hydroxyl groups is 1. The summed E-state index contributed by atoms with van der Waals surface area (Å²) in [5.74, 6) is 1.69. The van der Waals surface area contributed by atoms with Crippen LogP contribution >= 0.6 is 0 Å².